The zero-order chi connectivity index (χ0) is 23.7. The number of benzene rings is 2. The normalized spacial score (nSPS) is 18.8. The molecule has 1 aromatic heterocycles. The summed E-state index contributed by atoms with van der Waals surface area (Å²) in [5.41, 5.74) is 1.82. The standard InChI is InChI=1S/C25H24FN3O3S2/c1-32-18-6-4-5-16(13-18)27-21(30)14-33-25-28-23-22(19-7-2-3-8-20(19)34-23)24(31)29(25)17-11-9-15(26)10-12-17/h4-6,9-13,19-20H,2-3,7-8,14H2,1H3,(H,27,30)/t19-,20+/m0/s1. The molecule has 0 radical (unpaired) electrons. The fraction of sp³-hybridized carbons (Fsp3) is 0.320. The van der Waals surface area contributed by atoms with Crippen molar-refractivity contribution >= 4 is 35.1 Å². The molecule has 6 nitrogen and oxygen atoms in total. The van der Waals surface area contributed by atoms with Gasteiger partial charge in [-0.2, -0.15) is 0 Å². The lowest BCUT2D eigenvalue weighted by molar-refractivity contribution is -0.113. The number of hydrogen-bond acceptors (Lipinski definition) is 6. The highest BCUT2D eigenvalue weighted by Gasteiger charge is 2.39. The molecule has 0 unspecified atom stereocenters. The van der Waals surface area contributed by atoms with Crippen LogP contribution in [0.25, 0.3) is 5.69 Å². The highest BCUT2D eigenvalue weighted by atomic mass is 32.2. The maximum Gasteiger partial charge on any atom is 0.263 e. The van der Waals surface area contributed by atoms with Crippen LogP contribution >= 0.6 is 23.5 Å². The van der Waals surface area contributed by atoms with E-state index < -0.39 is 0 Å². The minimum atomic E-state index is -0.374. The van der Waals surface area contributed by atoms with Crippen molar-refractivity contribution in [2.75, 3.05) is 18.2 Å². The fourth-order valence-corrected chi connectivity index (χ4v) is 6.93. The number of thioether (sulfide) groups is 2. The number of anilines is 1. The highest BCUT2D eigenvalue weighted by molar-refractivity contribution is 8.00. The Morgan fingerprint density at radius 2 is 2.03 bits per heavy atom. The van der Waals surface area contributed by atoms with Crippen molar-refractivity contribution in [3.05, 3.63) is 70.3 Å². The predicted molar refractivity (Wildman–Crippen MR) is 133 cm³/mol. The molecule has 2 aromatic carbocycles. The summed E-state index contributed by atoms with van der Waals surface area (Å²) in [6.07, 6.45) is 4.34. The van der Waals surface area contributed by atoms with Gasteiger partial charge in [0, 0.05) is 22.9 Å². The number of rotatable bonds is 6. The number of nitrogens with zero attached hydrogens (tertiary/aromatic N) is 2. The highest BCUT2D eigenvalue weighted by Crippen LogP contribution is 2.50. The van der Waals surface area contributed by atoms with Gasteiger partial charge in [-0.25, -0.2) is 9.37 Å². The van der Waals surface area contributed by atoms with Crippen LogP contribution in [-0.2, 0) is 4.79 Å². The fourth-order valence-electron chi connectivity index (χ4n) is 4.56. The number of aromatic nitrogens is 2. The molecule has 0 spiro atoms. The molecule has 1 aliphatic heterocycles. The molecule has 0 bridgehead atoms. The van der Waals surface area contributed by atoms with Gasteiger partial charge in [0.25, 0.3) is 5.56 Å². The Kier molecular flexibility index (Phi) is 6.65. The predicted octanol–water partition coefficient (Wildman–Crippen LogP) is 5.24. The van der Waals surface area contributed by atoms with E-state index in [4.69, 9.17) is 9.72 Å². The van der Waals surface area contributed by atoms with Crippen molar-refractivity contribution in [1.29, 1.82) is 0 Å². The van der Waals surface area contributed by atoms with Gasteiger partial charge in [-0.15, -0.1) is 11.8 Å². The molecule has 1 N–H and O–H groups in total. The van der Waals surface area contributed by atoms with E-state index in [9.17, 15) is 14.0 Å². The molecule has 3 aromatic rings. The van der Waals surface area contributed by atoms with Crippen LogP contribution in [0.4, 0.5) is 10.1 Å². The molecule has 1 amide bonds. The first-order valence-electron chi connectivity index (χ1n) is 11.2. The molecule has 1 saturated carbocycles. The maximum absolute atomic E-state index is 13.7. The number of methoxy groups -OCH3 is 1. The SMILES string of the molecule is COc1cccc(NC(=O)CSc2nc3c(c(=O)n2-c2ccc(F)cc2)[C@H]2CCCC[C@H]2S3)c1. The van der Waals surface area contributed by atoms with Crippen LogP contribution in [0.15, 0.2) is 63.5 Å². The average molecular weight is 498 g/mol. The molecule has 176 valence electrons. The number of amides is 1. The minimum absolute atomic E-state index is 0.0706. The molecule has 2 heterocycles. The van der Waals surface area contributed by atoms with Crippen LogP contribution in [0.3, 0.4) is 0 Å². The van der Waals surface area contributed by atoms with Gasteiger partial charge in [0.15, 0.2) is 5.16 Å². The second-order valence-electron chi connectivity index (χ2n) is 8.35. The van der Waals surface area contributed by atoms with Gasteiger partial charge in [-0.3, -0.25) is 14.2 Å². The van der Waals surface area contributed by atoms with Gasteiger partial charge in [-0.05, 0) is 49.2 Å². The first-order valence-corrected chi connectivity index (χ1v) is 13.1. The zero-order valence-electron chi connectivity index (χ0n) is 18.6. The summed E-state index contributed by atoms with van der Waals surface area (Å²) >= 11 is 2.88. The van der Waals surface area contributed by atoms with Gasteiger partial charge >= 0.3 is 0 Å². The molecule has 9 heteroatoms. The molecule has 2 atom stereocenters. The average Bonchev–Trinajstić information content (AvgIpc) is 3.22. The van der Waals surface area contributed by atoms with E-state index in [-0.39, 0.29) is 29.0 Å². The van der Waals surface area contributed by atoms with Crippen molar-refractivity contribution < 1.29 is 13.9 Å². The van der Waals surface area contributed by atoms with Crippen molar-refractivity contribution in [1.82, 2.24) is 9.55 Å². The van der Waals surface area contributed by atoms with Gasteiger partial charge < -0.3 is 10.1 Å². The Morgan fingerprint density at radius 1 is 1.24 bits per heavy atom. The lowest BCUT2D eigenvalue weighted by atomic mass is 9.85. The molecule has 1 fully saturated rings. The van der Waals surface area contributed by atoms with Crippen LogP contribution < -0.4 is 15.6 Å². The van der Waals surface area contributed by atoms with Gasteiger partial charge in [0.2, 0.25) is 5.91 Å². The third-order valence-corrected chi connectivity index (χ3v) is 8.50. The summed E-state index contributed by atoms with van der Waals surface area (Å²) in [7, 11) is 1.57. The molecule has 0 saturated heterocycles. The Bertz CT molecular complexity index is 1280. The lowest BCUT2D eigenvalue weighted by Crippen LogP contribution is -2.29. The van der Waals surface area contributed by atoms with E-state index in [2.05, 4.69) is 5.32 Å². The summed E-state index contributed by atoms with van der Waals surface area (Å²) in [5.74, 6) is 0.326. The molecular formula is C25H24FN3O3S2. The first kappa shape index (κ1) is 23.0. The lowest BCUT2D eigenvalue weighted by Gasteiger charge is -2.24. The topological polar surface area (TPSA) is 73.2 Å². The molecule has 2 aliphatic rings. The van der Waals surface area contributed by atoms with Crippen molar-refractivity contribution in [2.45, 2.75) is 47.0 Å². The number of carbonyl (C=O) groups is 1. The van der Waals surface area contributed by atoms with Crippen molar-refractivity contribution in [3.63, 3.8) is 0 Å². The third kappa shape index (κ3) is 4.59. The summed E-state index contributed by atoms with van der Waals surface area (Å²) in [6.45, 7) is 0. The molecule has 5 rings (SSSR count). The van der Waals surface area contributed by atoms with E-state index in [1.54, 1.807) is 55.3 Å². The second-order valence-corrected chi connectivity index (χ2v) is 10.5. The Hall–Kier alpha value is -2.78. The van der Waals surface area contributed by atoms with Crippen LogP contribution in [0.5, 0.6) is 5.75 Å². The summed E-state index contributed by atoms with van der Waals surface area (Å²) in [6, 6.07) is 12.9. The number of ether oxygens (including phenoxy) is 1. The Labute approximate surface area is 205 Å². The Balaban J connectivity index is 1.45. The van der Waals surface area contributed by atoms with Crippen LogP contribution in [0.2, 0.25) is 0 Å². The second kappa shape index (κ2) is 9.84. The van der Waals surface area contributed by atoms with Gasteiger partial charge in [0.05, 0.1) is 24.1 Å². The first-order chi connectivity index (χ1) is 16.5. The molecular weight excluding hydrogens is 473 g/mol. The quantitative estimate of drug-likeness (QED) is 0.285. The zero-order valence-corrected chi connectivity index (χ0v) is 20.3. The number of fused-ring (bicyclic) bond motifs is 3. The summed E-state index contributed by atoms with van der Waals surface area (Å²) < 4.78 is 20.3. The summed E-state index contributed by atoms with van der Waals surface area (Å²) in [4.78, 5) is 31.2. The van der Waals surface area contributed by atoms with E-state index in [1.165, 1.54) is 34.9 Å². The number of halogens is 1. The molecule has 1 aliphatic carbocycles. The monoisotopic (exact) mass is 497 g/mol. The Morgan fingerprint density at radius 3 is 2.82 bits per heavy atom. The van der Waals surface area contributed by atoms with Crippen LogP contribution in [0, 0.1) is 5.82 Å². The largest absolute Gasteiger partial charge is 0.497 e. The molecule has 34 heavy (non-hydrogen) atoms. The van der Waals surface area contributed by atoms with Gasteiger partial charge in [-0.1, -0.05) is 30.7 Å². The smallest absolute Gasteiger partial charge is 0.263 e. The van der Waals surface area contributed by atoms with Crippen molar-refractivity contribution in [3.8, 4) is 11.4 Å². The van der Waals surface area contributed by atoms with Gasteiger partial charge in [0.1, 0.15) is 16.6 Å². The minimum Gasteiger partial charge on any atom is -0.497 e. The van der Waals surface area contributed by atoms with E-state index in [1.807, 2.05) is 0 Å². The van der Waals surface area contributed by atoms with E-state index in [0.717, 1.165) is 29.9 Å². The number of carbonyl (C=O) groups excluding carboxylic acids is 1. The summed E-state index contributed by atoms with van der Waals surface area (Å²) in [5, 5.41) is 4.44. The van der Waals surface area contributed by atoms with Crippen LogP contribution in [-0.4, -0.2) is 33.6 Å². The van der Waals surface area contributed by atoms with E-state index in [0.29, 0.717) is 27.5 Å². The third-order valence-electron chi connectivity index (χ3n) is 6.16. The maximum atomic E-state index is 13.7. The van der Waals surface area contributed by atoms with Crippen LogP contribution in [0.1, 0.15) is 37.2 Å². The van der Waals surface area contributed by atoms with Crippen molar-refractivity contribution in [2.24, 2.45) is 0 Å². The van der Waals surface area contributed by atoms with E-state index >= 15 is 0 Å². The number of hydrogen-bond donors (Lipinski definition) is 1. The number of nitrogens with one attached hydrogen (secondary N) is 1.